The Morgan fingerprint density at radius 1 is 1.40 bits per heavy atom. The molecule has 5 nitrogen and oxygen atoms in total. The number of rotatable bonds is 3. The van der Waals surface area contributed by atoms with Gasteiger partial charge < -0.3 is 14.7 Å². The highest BCUT2D eigenvalue weighted by Crippen LogP contribution is 2.29. The van der Waals surface area contributed by atoms with Crippen LogP contribution in [0.4, 0.5) is 5.69 Å². The largest absolute Gasteiger partial charge is 0.505 e. The zero-order valence-electron chi connectivity index (χ0n) is 11.0. The summed E-state index contributed by atoms with van der Waals surface area (Å²) in [5.74, 6) is -0.0646. The number of benzene rings is 1. The molecule has 0 saturated heterocycles. The molecule has 0 atom stereocenters. The molecule has 0 unspecified atom stereocenters. The molecule has 1 aromatic heterocycles. The highest BCUT2D eigenvalue weighted by Gasteiger charge is 2.19. The van der Waals surface area contributed by atoms with E-state index in [1.165, 1.54) is 24.3 Å². The molecule has 0 saturated carbocycles. The number of aromatic hydroxyl groups is 1. The summed E-state index contributed by atoms with van der Waals surface area (Å²) >= 11 is 6.03. The number of hydrogen-bond acceptors (Lipinski definition) is 4. The van der Waals surface area contributed by atoms with Crippen molar-refractivity contribution >= 4 is 23.2 Å². The molecular weight excluding hydrogens is 280 g/mol. The first-order valence-corrected chi connectivity index (χ1v) is 6.18. The van der Waals surface area contributed by atoms with Gasteiger partial charge in [0.1, 0.15) is 11.5 Å². The Morgan fingerprint density at radius 2 is 2.15 bits per heavy atom. The van der Waals surface area contributed by atoms with Crippen LogP contribution in [0.2, 0.25) is 5.02 Å². The maximum atomic E-state index is 12.3. The molecule has 1 N–H and O–H groups in total. The van der Waals surface area contributed by atoms with Gasteiger partial charge >= 0.3 is 0 Å². The molecule has 0 fully saturated rings. The molecule has 104 valence electrons. The van der Waals surface area contributed by atoms with Crippen LogP contribution in [0.1, 0.15) is 10.5 Å². The zero-order chi connectivity index (χ0) is 14.7. The van der Waals surface area contributed by atoms with Crippen LogP contribution >= 0.6 is 11.6 Å². The van der Waals surface area contributed by atoms with Crippen molar-refractivity contribution in [3.63, 3.8) is 0 Å². The van der Waals surface area contributed by atoms with Crippen molar-refractivity contribution in [2.24, 2.45) is 0 Å². The van der Waals surface area contributed by atoms with Gasteiger partial charge in [0.25, 0.3) is 5.91 Å². The second-order valence-electron chi connectivity index (χ2n) is 4.05. The number of ether oxygens (including phenoxy) is 1. The highest BCUT2D eigenvalue weighted by molar-refractivity contribution is 6.32. The first-order chi connectivity index (χ1) is 9.54. The van der Waals surface area contributed by atoms with E-state index in [0.29, 0.717) is 16.5 Å². The van der Waals surface area contributed by atoms with Crippen molar-refractivity contribution in [2.45, 2.75) is 0 Å². The summed E-state index contributed by atoms with van der Waals surface area (Å²) < 4.78 is 5.06. The van der Waals surface area contributed by atoms with Crippen molar-refractivity contribution in [1.82, 2.24) is 4.98 Å². The van der Waals surface area contributed by atoms with E-state index in [4.69, 9.17) is 16.3 Å². The fourth-order valence-corrected chi connectivity index (χ4v) is 1.95. The number of halogens is 1. The number of carbonyl (C=O) groups excluding carboxylic acids is 1. The number of methoxy groups -OCH3 is 1. The Hall–Kier alpha value is -2.27. The van der Waals surface area contributed by atoms with Gasteiger partial charge in [-0.15, -0.1) is 0 Å². The maximum Gasteiger partial charge on any atom is 0.280 e. The third kappa shape index (κ3) is 2.67. The van der Waals surface area contributed by atoms with Crippen LogP contribution in [0, 0.1) is 0 Å². The summed E-state index contributed by atoms with van der Waals surface area (Å²) in [5.41, 5.74) is 0.563. The fraction of sp³-hybridized carbons (Fsp3) is 0.143. The molecule has 0 bridgehead atoms. The van der Waals surface area contributed by atoms with Gasteiger partial charge in [-0.3, -0.25) is 4.79 Å². The quantitative estimate of drug-likeness (QED) is 0.945. The SMILES string of the molecule is COc1ccc(N(C)C(=O)c2ncccc2O)cc1Cl. The second-order valence-corrected chi connectivity index (χ2v) is 4.46. The number of anilines is 1. The average Bonchev–Trinajstić information content (AvgIpc) is 2.46. The zero-order valence-corrected chi connectivity index (χ0v) is 11.8. The number of aromatic nitrogens is 1. The van der Waals surface area contributed by atoms with Crippen molar-refractivity contribution < 1.29 is 14.6 Å². The van der Waals surface area contributed by atoms with Crippen LogP contribution in [0.15, 0.2) is 36.5 Å². The third-order valence-electron chi connectivity index (χ3n) is 2.82. The number of carbonyl (C=O) groups is 1. The monoisotopic (exact) mass is 292 g/mol. The van der Waals surface area contributed by atoms with Gasteiger partial charge in [-0.1, -0.05) is 11.6 Å². The van der Waals surface area contributed by atoms with E-state index < -0.39 is 5.91 Å². The van der Waals surface area contributed by atoms with Crippen molar-refractivity contribution in [1.29, 1.82) is 0 Å². The Labute approximate surface area is 121 Å². The number of pyridine rings is 1. The smallest absolute Gasteiger partial charge is 0.280 e. The minimum absolute atomic E-state index is 0.0121. The predicted octanol–water partition coefficient (Wildman–Crippen LogP) is 2.73. The van der Waals surface area contributed by atoms with E-state index in [1.807, 2.05) is 0 Å². The van der Waals surface area contributed by atoms with Crippen molar-refractivity contribution in [2.75, 3.05) is 19.1 Å². The molecule has 2 aromatic rings. The lowest BCUT2D eigenvalue weighted by atomic mass is 10.2. The summed E-state index contributed by atoms with van der Waals surface area (Å²) in [6.45, 7) is 0. The molecule has 0 aliphatic heterocycles. The topological polar surface area (TPSA) is 62.7 Å². The number of amides is 1. The van der Waals surface area contributed by atoms with Crippen LogP contribution in [-0.4, -0.2) is 30.2 Å². The minimum Gasteiger partial charge on any atom is -0.505 e. The van der Waals surface area contributed by atoms with E-state index in [0.717, 1.165) is 0 Å². The third-order valence-corrected chi connectivity index (χ3v) is 3.11. The highest BCUT2D eigenvalue weighted by atomic mass is 35.5. The first kappa shape index (κ1) is 14.1. The van der Waals surface area contributed by atoms with Gasteiger partial charge in [0.05, 0.1) is 12.1 Å². The van der Waals surface area contributed by atoms with E-state index in [2.05, 4.69) is 4.98 Å². The lowest BCUT2D eigenvalue weighted by molar-refractivity contribution is 0.0985. The molecule has 0 aliphatic rings. The summed E-state index contributed by atoms with van der Waals surface area (Å²) in [6.07, 6.45) is 1.45. The fourth-order valence-electron chi connectivity index (χ4n) is 1.70. The Balaban J connectivity index is 2.32. The van der Waals surface area contributed by atoms with E-state index >= 15 is 0 Å². The lowest BCUT2D eigenvalue weighted by Crippen LogP contribution is -2.27. The van der Waals surface area contributed by atoms with Crippen LogP contribution < -0.4 is 9.64 Å². The van der Waals surface area contributed by atoms with E-state index in [-0.39, 0.29) is 11.4 Å². The number of nitrogens with zero attached hydrogens (tertiary/aromatic N) is 2. The van der Waals surface area contributed by atoms with Gasteiger partial charge in [0.2, 0.25) is 0 Å². The van der Waals surface area contributed by atoms with Crippen LogP contribution in [0.3, 0.4) is 0 Å². The molecule has 1 aromatic carbocycles. The summed E-state index contributed by atoms with van der Waals surface area (Å²) in [6, 6.07) is 7.94. The number of hydrogen-bond donors (Lipinski definition) is 1. The molecule has 2 rings (SSSR count). The molecular formula is C14H13ClN2O3. The molecule has 1 heterocycles. The van der Waals surface area contributed by atoms with Gasteiger partial charge in [-0.2, -0.15) is 0 Å². The van der Waals surface area contributed by atoms with Gasteiger partial charge in [-0.05, 0) is 30.3 Å². The molecule has 0 spiro atoms. The Kier molecular flexibility index (Phi) is 4.10. The molecule has 0 aliphatic carbocycles. The van der Waals surface area contributed by atoms with Gasteiger partial charge in [0, 0.05) is 18.9 Å². The van der Waals surface area contributed by atoms with Crippen molar-refractivity contribution in [3.05, 3.63) is 47.2 Å². The van der Waals surface area contributed by atoms with E-state index in [9.17, 15) is 9.90 Å². The molecule has 1 amide bonds. The maximum absolute atomic E-state index is 12.3. The lowest BCUT2D eigenvalue weighted by Gasteiger charge is -2.18. The normalized spacial score (nSPS) is 10.2. The molecule has 20 heavy (non-hydrogen) atoms. The first-order valence-electron chi connectivity index (χ1n) is 5.80. The predicted molar refractivity (Wildman–Crippen MR) is 76.6 cm³/mol. The van der Waals surface area contributed by atoms with Gasteiger partial charge in [-0.25, -0.2) is 4.98 Å². The van der Waals surface area contributed by atoms with Gasteiger partial charge in [0.15, 0.2) is 5.69 Å². The van der Waals surface area contributed by atoms with Crippen LogP contribution in [0.25, 0.3) is 0 Å². The van der Waals surface area contributed by atoms with Crippen molar-refractivity contribution in [3.8, 4) is 11.5 Å². The average molecular weight is 293 g/mol. The Morgan fingerprint density at radius 3 is 2.75 bits per heavy atom. The summed E-state index contributed by atoms with van der Waals surface area (Å²) in [5, 5.41) is 10.1. The standard InChI is InChI=1S/C14H13ClN2O3/c1-17(9-5-6-12(20-2)10(15)8-9)14(19)13-11(18)4-3-7-16-13/h3-8,18H,1-2H3. The minimum atomic E-state index is -0.427. The van der Waals surface area contributed by atoms with Crippen LogP contribution in [0.5, 0.6) is 11.5 Å². The summed E-state index contributed by atoms with van der Waals surface area (Å²) in [4.78, 5) is 17.5. The Bertz CT molecular complexity index is 646. The molecule has 6 heteroatoms. The summed E-state index contributed by atoms with van der Waals surface area (Å²) in [7, 11) is 3.09. The second kappa shape index (κ2) is 5.79. The molecule has 0 radical (unpaired) electrons. The van der Waals surface area contributed by atoms with E-state index in [1.54, 1.807) is 31.3 Å². The van der Waals surface area contributed by atoms with Crippen LogP contribution in [-0.2, 0) is 0 Å².